The van der Waals surface area contributed by atoms with E-state index in [0.717, 1.165) is 5.56 Å². The first-order chi connectivity index (χ1) is 14.3. The van der Waals surface area contributed by atoms with Crippen LogP contribution in [-0.4, -0.2) is 5.97 Å². The van der Waals surface area contributed by atoms with Gasteiger partial charge in [-0.2, -0.15) is 0 Å². The van der Waals surface area contributed by atoms with Crippen molar-refractivity contribution < 1.29 is 21.9 Å². The number of rotatable bonds is 4. The van der Waals surface area contributed by atoms with E-state index in [1.54, 1.807) is 0 Å². The van der Waals surface area contributed by atoms with Gasteiger partial charge in [-0.15, -0.1) is 0 Å². The third kappa shape index (κ3) is 3.13. The predicted octanol–water partition coefficient (Wildman–Crippen LogP) is 1.85. The quantitative estimate of drug-likeness (QED) is 0.365. The molecule has 0 fully saturated rings. The lowest BCUT2D eigenvalue weighted by Gasteiger charge is -2.31. The van der Waals surface area contributed by atoms with Gasteiger partial charge in [0.15, 0.2) is 7.26 Å². The maximum absolute atomic E-state index is 12.8. The number of ether oxygens (including phenoxy) is 1. The lowest BCUT2D eigenvalue weighted by molar-refractivity contribution is -0.0000230. The summed E-state index contributed by atoms with van der Waals surface area (Å²) in [5, 5.41) is 3.60. The molecule has 1 heterocycles. The minimum Gasteiger partial charge on any atom is -1.00 e. The predicted molar refractivity (Wildman–Crippen MR) is 120 cm³/mol. The molecule has 0 bridgehead atoms. The highest BCUT2D eigenvalue weighted by molar-refractivity contribution is 7.95. The van der Waals surface area contributed by atoms with Crippen molar-refractivity contribution in [3.63, 3.8) is 0 Å². The molecule has 0 spiro atoms. The molecule has 4 aromatic carbocycles. The normalized spacial score (nSPS) is 15.1. The summed E-state index contributed by atoms with van der Waals surface area (Å²) in [6.45, 7) is 0. The van der Waals surface area contributed by atoms with E-state index >= 15 is 0 Å². The number of cyclic esters (lactones) is 1. The standard InChI is InChI=1S/C26H20O2P.ClH/c27-25-23-18-10-11-19-24(23)26(28-25)29(20-12-4-1-5-13-20,21-14-6-2-7-15-21)22-16-8-3-9-17-22;/h1-19,26H;1H/q+1;/p-1. The Balaban J connectivity index is 0.00000218. The third-order valence-corrected chi connectivity index (χ3v) is 9.93. The van der Waals surface area contributed by atoms with E-state index in [0.29, 0.717) is 5.56 Å². The van der Waals surface area contributed by atoms with Gasteiger partial charge in [-0.1, -0.05) is 72.8 Å². The fraction of sp³-hybridized carbons (Fsp3) is 0.0385. The minimum absolute atomic E-state index is 0. The Kier molecular flexibility index (Phi) is 5.72. The Morgan fingerprint density at radius 3 is 1.43 bits per heavy atom. The summed E-state index contributed by atoms with van der Waals surface area (Å²) >= 11 is 0. The minimum atomic E-state index is -2.31. The fourth-order valence-corrected chi connectivity index (χ4v) is 8.79. The van der Waals surface area contributed by atoms with Gasteiger partial charge in [-0.25, -0.2) is 4.79 Å². The van der Waals surface area contributed by atoms with Gasteiger partial charge in [0.2, 0.25) is 5.85 Å². The molecule has 0 radical (unpaired) electrons. The number of hydrogen-bond donors (Lipinski definition) is 0. The van der Waals surface area contributed by atoms with Gasteiger partial charge in [0, 0.05) is 5.56 Å². The molecule has 1 unspecified atom stereocenters. The average Bonchev–Trinajstić information content (AvgIpc) is 3.14. The molecule has 4 heteroatoms. The van der Waals surface area contributed by atoms with Crippen LogP contribution in [0.3, 0.4) is 0 Å². The van der Waals surface area contributed by atoms with E-state index < -0.39 is 7.26 Å². The highest BCUT2D eigenvalue weighted by Gasteiger charge is 2.58. The molecule has 0 amide bonds. The van der Waals surface area contributed by atoms with Crippen LogP contribution < -0.4 is 28.3 Å². The number of halogens is 1. The van der Waals surface area contributed by atoms with E-state index in [9.17, 15) is 4.79 Å². The van der Waals surface area contributed by atoms with Gasteiger partial charge in [-0.3, -0.25) is 0 Å². The number of fused-ring (bicyclic) bond motifs is 1. The van der Waals surface area contributed by atoms with Crippen molar-refractivity contribution in [2.24, 2.45) is 0 Å². The summed E-state index contributed by atoms with van der Waals surface area (Å²) in [7, 11) is -2.31. The van der Waals surface area contributed by atoms with Crippen molar-refractivity contribution in [3.8, 4) is 0 Å². The van der Waals surface area contributed by atoms with Crippen molar-refractivity contribution in [1.29, 1.82) is 0 Å². The van der Waals surface area contributed by atoms with E-state index in [4.69, 9.17) is 4.74 Å². The molecule has 0 saturated carbocycles. The Hall–Kier alpha value is -2.93. The molecule has 0 N–H and O–H groups in total. The number of carbonyl (C=O) groups is 1. The maximum atomic E-state index is 12.8. The molecule has 1 aliphatic rings. The van der Waals surface area contributed by atoms with Crippen LogP contribution in [0.25, 0.3) is 0 Å². The topological polar surface area (TPSA) is 26.3 Å². The lowest BCUT2D eigenvalue weighted by Crippen LogP contribution is -3.00. The van der Waals surface area contributed by atoms with Crippen molar-refractivity contribution in [2.45, 2.75) is 5.85 Å². The maximum Gasteiger partial charge on any atom is 0.342 e. The summed E-state index contributed by atoms with van der Waals surface area (Å²) in [6.07, 6.45) is 0. The zero-order chi connectivity index (χ0) is 19.7. The van der Waals surface area contributed by atoms with Crippen molar-refractivity contribution >= 4 is 29.1 Å². The number of esters is 1. The Morgan fingerprint density at radius 2 is 0.967 bits per heavy atom. The average molecular weight is 431 g/mol. The van der Waals surface area contributed by atoms with Gasteiger partial charge >= 0.3 is 5.97 Å². The summed E-state index contributed by atoms with van der Waals surface area (Å²) in [5.74, 6) is -0.587. The second-order valence-electron chi connectivity index (χ2n) is 7.07. The van der Waals surface area contributed by atoms with Crippen LogP contribution in [0.1, 0.15) is 21.8 Å². The first-order valence-corrected chi connectivity index (χ1v) is 11.5. The number of hydrogen-bond acceptors (Lipinski definition) is 2. The zero-order valence-electron chi connectivity index (χ0n) is 16.2. The zero-order valence-corrected chi connectivity index (χ0v) is 17.8. The smallest absolute Gasteiger partial charge is 0.342 e. The Labute approximate surface area is 183 Å². The van der Waals surface area contributed by atoms with E-state index in [1.165, 1.54) is 15.9 Å². The summed E-state index contributed by atoms with van der Waals surface area (Å²) < 4.78 is 6.17. The van der Waals surface area contributed by atoms with Gasteiger partial charge in [0.1, 0.15) is 15.9 Å². The molecule has 0 aromatic heterocycles. The van der Waals surface area contributed by atoms with Crippen molar-refractivity contribution in [2.75, 3.05) is 0 Å². The SMILES string of the molecule is O=C1OC([P+](c2ccccc2)(c2ccccc2)c2ccccc2)c2ccccc21.[Cl-]. The van der Waals surface area contributed by atoms with Crippen LogP contribution in [0.5, 0.6) is 0 Å². The molecule has 0 aliphatic carbocycles. The summed E-state index contributed by atoms with van der Waals surface area (Å²) in [4.78, 5) is 12.8. The summed E-state index contributed by atoms with van der Waals surface area (Å²) in [5.41, 5.74) is 1.65. The molecule has 4 aromatic rings. The summed E-state index contributed by atoms with van der Waals surface area (Å²) in [6, 6.07) is 39.3. The molecular weight excluding hydrogens is 411 g/mol. The first kappa shape index (κ1) is 20.3. The monoisotopic (exact) mass is 430 g/mol. The van der Waals surface area contributed by atoms with Crippen LogP contribution in [-0.2, 0) is 4.74 Å². The highest BCUT2D eigenvalue weighted by atomic mass is 35.5. The van der Waals surface area contributed by atoms with Crippen LogP contribution in [0.2, 0.25) is 0 Å². The molecule has 30 heavy (non-hydrogen) atoms. The third-order valence-electron chi connectivity index (χ3n) is 5.51. The van der Waals surface area contributed by atoms with Gasteiger partial charge in [0.05, 0.1) is 5.56 Å². The largest absolute Gasteiger partial charge is 1.00 e. The van der Waals surface area contributed by atoms with Crippen molar-refractivity contribution in [3.05, 3.63) is 126 Å². The second kappa shape index (κ2) is 8.44. The lowest BCUT2D eigenvalue weighted by atomic mass is 10.1. The van der Waals surface area contributed by atoms with E-state index in [2.05, 4.69) is 72.8 Å². The molecule has 2 nitrogen and oxygen atoms in total. The highest BCUT2D eigenvalue weighted by Crippen LogP contribution is 2.68. The fourth-order valence-electron chi connectivity index (χ4n) is 4.26. The van der Waals surface area contributed by atoms with E-state index in [-0.39, 0.29) is 24.2 Å². The molecule has 148 valence electrons. The molecular formula is C26H20ClO2P. The number of carbonyl (C=O) groups excluding carboxylic acids is 1. The van der Waals surface area contributed by atoms with Crippen molar-refractivity contribution in [1.82, 2.24) is 0 Å². The van der Waals surface area contributed by atoms with Gasteiger partial charge in [-0.05, 0) is 42.5 Å². The molecule has 5 rings (SSSR count). The Bertz CT molecular complexity index is 1050. The molecule has 1 atom stereocenters. The van der Waals surface area contributed by atoms with Gasteiger partial charge < -0.3 is 17.1 Å². The molecule has 0 saturated heterocycles. The van der Waals surface area contributed by atoms with E-state index in [1.807, 2.05) is 42.5 Å². The van der Waals surface area contributed by atoms with Crippen LogP contribution in [0, 0.1) is 0 Å². The molecule has 1 aliphatic heterocycles. The first-order valence-electron chi connectivity index (χ1n) is 9.67. The van der Waals surface area contributed by atoms with Gasteiger partial charge in [0.25, 0.3) is 0 Å². The van der Waals surface area contributed by atoms with Crippen LogP contribution in [0.4, 0.5) is 0 Å². The van der Waals surface area contributed by atoms with Crippen LogP contribution in [0.15, 0.2) is 115 Å². The Morgan fingerprint density at radius 1 is 0.567 bits per heavy atom. The number of benzene rings is 4. The van der Waals surface area contributed by atoms with Crippen LogP contribution >= 0.6 is 7.26 Å². The second-order valence-corrected chi connectivity index (χ2v) is 10.5.